The fourth-order valence-corrected chi connectivity index (χ4v) is 4.77. The fraction of sp³-hybridized carbons (Fsp3) is 0.429. The molecule has 0 radical (unpaired) electrons. The predicted octanol–water partition coefficient (Wildman–Crippen LogP) is 2.45. The summed E-state index contributed by atoms with van der Waals surface area (Å²) >= 11 is 1.46. The van der Waals surface area contributed by atoms with E-state index in [1.165, 1.54) is 11.3 Å². The van der Waals surface area contributed by atoms with Gasteiger partial charge in [-0.05, 0) is 49.5 Å². The minimum absolute atomic E-state index is 0.184. The third kappa shape index (κ3) is 3.04. The average molecular weight is 369 g/mol. The van der Waals surface area contributed by atoms with Crippen LogP contribution >= 0.6 is 11.3 Å². The van der Waals surface area contributed by atoms with Crippen molar-refractivity contribution in [3.63, 3.8) is 0 Å². The van der Waals surface area contributed by atoms with Crippen LogP contribution < -0.4 is 4.74 Å². The molecule has 1 aromatic carbocycles. The van der Waals surface area contributed by atoms with Gasteiger partial charge < -0.3 is 14.9 Å². The van der Waals surface area contributed by atoms with Crippen molar-refractivity contribution in [2.75, 3.05) is 26.7 Å². The average Bonchev–Trinajstić information content (AvgIpc) is 3.22. The van der Waals surface area contributed by atoms with Gasteiger partial charge in [0.25, 0.3) is 0 Å². The van der Waals surface area contributed by atoms with Gasteiger partial charge in [-0.3, -0.25) is 4.90 Å². The van der Waals surface area contributed by atoms with E-state index in [9.17, 15) is 10.2 Å². The molecule has 5 heteroatoms. The second-order valence-corrected chi connectivity index (χ2v) is 8.09. The lowest BCUT2D eigenvalue weighted by Gasteiger charge is -2.47. The molecule has 3 aliphatic heterocycles. The van der Waals surface area contributed by atoms with Crippen LogP contribution in [0.25, 0.3) is 0 Å². The largest absolute Gasteiger partial charge is 0.497 e. The number of nitrogens with zero attached hydrogens (tertiary/aromatic N) is 1. The Hall–Kier alpha value is -1.84. The van der Waals surface area contributed by atoms with E-state index < -0.39 is 11.2 Å². The van der Waals surface area contributed by atoms with Crippen LogP contribution in [-0.2, 0) is 5.60 Å². The first-order chi connectivity index (χ1) is 12.5. The Kier molecular flexibility index (Phi) is 4.54. The summed E-state index contributed by atoms with van der Waals surface area (Å²) < 4.78 is 5.22. The van der Waals surface area contributed by atoms with Gasteiger partial charge >= 0.3 is 0 Å². The molecule has 5 rings (SSSR count). The van der Waals surface area contributed by atoms with Crippen molar-refractivity contribution in [1.82, 2.24) is 4.90 Å². The quantitative estimate of drug-likeness (QED) is 0.816. The molecular weight excluding hydrogens is 346 g/mol. The zero-order valence-corrected chi connectivity index (χ0v) is 15.6. The molecule has 3 aliphatic rings. The summed E-state index contributed by atoms with van der Waals surface area (Å²) in [5.41, 5.74) is -1.81. The van der Waals surface area contributed by atoms with Gasteiger partial charge in [0.1, 0.15) is 11.4 Å². The minimum Gasteiger partial charge on any atom is -0.497 e. The Balaban J connectivity index is 1.73. The van der Waals surface area contributed by atoms with Gasteiger partial charge in [-0.25, -0.2) is 0 Å². The summed E-state index contributed by atoms with van der Waals surface area (Å²) in [7, 11) is 1.61. The Morgan fingerprint density at radius 2 is 1.96 bits per heavy atom. The maximum Gasteiger partial charge on any atom is 0.186 e. The van der Waals surface area contributed by atoms with Crippen LogP contribution in [0.1, 0.15) is 23.3 Å². The first-order valence-corrected chi connectivity index (χ1v) is 9.81. The lowest BCUT2D eigenvalue weighted by Crippen LogP contribution is -2.58. The zero-order valence-electron chi connectivity index (χ0n) is 14.8. The van der Waals surface area contributed by atoms with E-state index in [2.05, 4.69) is 16.7 Å². The van der Waals surface area contributed by atoms with Crippen molar-refractivity contribution in [2.24, 2.45) is 5.92 Å². The van der Waals surface area contributed by atoms with Crippen molar-refractivity contribution in [2.45, 2.75) is 24.0 Å². The lowest BCUT2D eigenvalue weighted by atomic mass is 9.75. The summed E-state index contributed by atoms with van der Waals surface area (Å²) in [5, 5.41) is 24.5. The first-order valence-electron chi connectivity index (χ1n) is 8.93. The first kappa shape index (κ1) is 17.6. The van der Waals surface area contributed by atoms with Gasteiger partial charge in [-0.15, -0.1) is 11.3 Å². The molecule has 2 aromatic rings. The molecule has 0 saturated carbocycles. The van der Waals surface area contributed by atoms with Crippen molar-refractivity contribution >= 4 is 11.3 Å². The van der Waals surface area contributed by atoms with Gasteiger partial charge in [-0.1, -0.05) is 30.0 Å². The summed E-state index contributed by atoms with van der Waals surface area (Å²) in [6, 6.07) is 11.1. The Labute approximate surface area is 158 Å². The topological polar surface area (TPSA) is 52.9 Å². The van der Waals surface area contributed by atoms with E-state index in [4.69, 9.17) is 4.74 Å². The van der Waals surface area contributed by atoms with Gasteiger partial charge in [-0.2, -0.15) is 0 Å². The third-order valence-electron chi connectivity index (χ3n) is 5.57. The van der Waals surface area contributed by atoms with Crippen LogP contribution in [0.2, 0.25) is 0 Å². The number of hydrogen-bond donors (Lipinski definition) is 2. The molecular formula is C21H23NO3S. The van der Waals surface area contributed by atoms with Crippen LogP contribution in [0.3, 0.4) is 0 Å². The monoisotopic (exact) mass is 369 g/mol. The predicted molar refractivity (Wildman–Crippen MR) is 102 cm³/mol. The number of rotatable bonds is 3. The molecule has 136 valence electrons. The molecule has 0 spiro atoms. The Morgan fingerprint density at radius 1 is 1.23 bits per heavy atom. The molecule has 1 aromatic heterocycles. The number of piperidine rings is 3. The maximum atomic E-state index is 11.5. The Bertz CT molecular complexity index is 815. The molecule has 2 unspecified atom stereocenters. The van der Waals surface area contributed by atoms with Crippen LogP contribution in [0.4, 0.5) is 0 Å². The van der Waals surface area contributed by atoms with Crippen LogP contribution in [-0.4, -0.2) is 47.5 Å². The highest BCUT2D eigenvalue weighted by atomic mass is 32.1. The standard InChI is InChI=1S/C21H23NO3S/c1-25-18-6-4-17(5-7-18)21(24,19-3-2-14-26-19)11-10-20(23)15-22-12-8-16(20)9-13-22/h2-7,14,16,23-24H,8-9,12-13,15H2,1H3. The van der Waals surface area contributed by atoms with Crippen molar-refractivity contribution in [3.8, 4) is 17.6 Å². The highest BCUT2D eigenvalue weighted by Gasteiger charge is 2.45. The molecule has 0 aliphatic carbocycles. The maximum absolute atomic E-state index is 11.5. The third-order valence-corrected chi connectivity index (χ3v) is 6.55. The molecule has 26 heavy (non-hydrogen) atoms. The van der Waals surface area contributed by atoms with Crippen LogP contribution in [0.5, 0.6) is 5.75 Å². The van der Waals surface area contributed by atoms with E-state index in [1.54, 1.807) is 7.11 Å². The van der Waals surface area contributed by atoms with Crippen molar-refractivity contribution in [3.05, 3.63) is 52.2 Å². The fourth-order valence-electron chi connectivity index (χ4n) is 3.97. The van der Waals surface area contributed by atoms with E-state index in [0.29, 0.717) is 12.1 Å². The molecule has 3 fully saturated rings. The number of thiophene rings is 1. The zero-order chi connectivity index (χ0) is 18.2. The summed E-state index contributed by atoms with van der Waals surface area (Å²) in [5.74, 6) is 7.03. The molecule has 4 heterocycles. The lowest BCUT2D eigenvalue weighted by molar-refractivity contribution is -0.0716. The molecule has 2 atom stereocenters. The second kappa shape index (κ2) is 6.71. The van der Waals surface area contributed by atoms with Gasteiger partial charge in [0.2, 0.25) is 0 Å². The van der Waals surface area contributed by atoms with E-state index >= 15 is 0 Å². The minimum atomic E-state index is -1.44. The SMILES string of the molecule is COc1ccc(C(O)(C#CC2(O)CN3CCC2CC3)c2cccs2)cc1. The molecule has 0 amide bonds. The van der Waals surface area contributed by atoms with Crippen molar-refractivity contribution < 1.29 is 14.9 Å². The van der Waals surface area contributed by atoms with E-state index in [0.717, 1.165) is 36.6 Å². The van der Waals surface area contributed by atoms with Crippen molar-refractivity contribution in [1.29, 1.82) is 0 Å². The Morgan fingerprint density at radius 3 is 2.50 bits per heavy atom. The van der Waals surface area contributed by atoms with E-state index in [-0.39, 0.29) is 5.92 Å². The van der Waals surface area contributed by atoms with Crippen LogP contribution in [0.15, 0.2) is 41.8 Å². The van der Waals surface area contributed by atoms with Gasteiger partial charge in [0, 0.05) is 18.0 Å². The smallest absolute Gasteiger partial charge is 0.186 e. The number of ether oxygens (including phenoxy) is 1. The summed E-state index contributed by atoms with van der Waals surface area (Å²) in [4.78, 5) is 3.01. The van der Waals surface area contributed by atoms with Crippen LogP contribution in [0, 0.1) is 17.8 Å². The molecule has 3 saturated heterocycles. The number of hydrogen-bond acceptors (Lipinski definition) is 5. The highest BCUT2D eigenvalue weighted by Crippen LogP contribution is 2.37. The summed E-state index contributed by atoms with van der Waals surface area (Å²) in [6.45, 7) is 2.62. The van der Waals surface area contributed by atoms with Gasteiger partial charge in [0.15, 0.2) is 5.60 Å². The summed E-state index contributed by atoms with van der Waals surface area (Å²) in [6.07, 6.45) is 1.93. The number of aliphatic hydroxyl groups is 2. The normalized spacial score (nSPS) is 29.5. The molecule has 2 bridgehead atoms. The number of fused-ring (bicyclic) bond motifs is 3. The molecule has 2 N–H and O–H groups in total. The van der Waals surface area contributed by atoms with Gasteiger partial charge in [0.05, 0.1) is 12.0 Å². The second-order valence-electron chi connectivity index (χ2n) is 7.14. The molecule has 4 nitrogen and oxygen atoms in total. The number of methoxy groups -OCH3 is 1. The van der Waals surface area contributed by atoms with E-state index in [1.807, 2.05) is 41.8 Å². The highest BCUT2D eigenvalue weighted by molar-refractivity contribution is 7.10. The number of benzene rings is 1.